The fourth-order valence-corrected chi connectivity index (χ4v) is 1.53. The lowest BCUT2D eigenvalue weighted by molar-refractivity contribution is -0.183. The number of unbranched alkanes of at least 4 members (excludes halogenated alkanes) is 4. The number of nitriles is 2. The summed E-state index contributed by atoms with van der Waals surface area (Å²) in [4.78, 5) is 23.0. The van der Waals surface area contributed by atoms with Gasteiger partial charge >= 0.3 is 11.9 Å². The summed E-state index contributed by atoms with van der Waals surface area (Å²) >= 11 is 0. The SMILES string of the molecule is C=C(C#N)C(=O)OC(CCCCCCC)OC(=O)C(=C)C#N. The van der Waals surface area contributed by atoms with Gasteiger partial charge in [-0.2, -0.15) is 10.5 Å². The fourth-order valence-electron chi connectivity index (χ4n) is 1.53. The molecular formula is C16H20N2O4. The maximum Gasteiger partial charge on any atom is 0.351 e. The number of nitrogens with zero attached hydrogens (tertiary/aromatic N) is 2. The Morgan fingerprint density at radius 3 is 1.82 bits per heavy atom. The van der Waals surface area contributed by atoms with E-state index in [2.05, 4.69) is 20.1 Å². The van der Waals surface area contributed by atoms with Crippen molar-refractivity contribution >= 4 is 11.9 Å². The molecule has 0 aromatic carbocycles. The molecule has 6 nitrogen and oxygen atoms in total. The van der Waals surface area contributed by atoms with Crippen LogP contribution in [0, 0.1) is 22.7 Å². The summed E-state index contributed by atoms with van der Waals surface area (Å²) in [5.74, 6) is -1.90. The first-order valence-electron chi connectivity index (χ1n) is 7.06. The summed E-state index contributed by atoms with van der Waals surface area (Å²) in [5.41, 5.74) is -0.766. The van der Waals surface area contributed by atoms with Crippen LogP contribution in [0.5, 0.6) is 0 Å². The highest BCUT2D eigenvalue weighted by molar-refractivity contribution is 5.93. The van der Waals surface area contributed by atoms with Gasteiger partial charge in [-0.3, -0.25) is 0 Å². The van der Waals surface area contributed by atoms with Crippen molar-refractivity contribution in [2.75, 3.05) is 0 Å². The van der Waals surface area contributed by atoms with Gasteiger partial charge in [0.15, 0.2) is 0 Å². The summed E-state index contributed by atoms with van der Waals surface area (Å²) in [7, 11) is 0. The molecule has 6 heteroatoms. The van der Waals surface area contributed by atoms with Gasteiger partial charge in [-0.15, -0.1) is 0 Å². The molecule has 0 atom stereocenters. The van der Waals surface area contributed by atoms with Gasteiger partial charge in [0.05, 0.1) is 0 Å². The number of carbonyl (C=O) groups is 2. The van der Waals surface area contributed by atoms with Gasteiger partial charge in [0.2, 0.25) is 6.29 Å². The monoisotopic (exact) mass is 304 g/mol. The molecule has 0 heterocycles. The molecule has 0 aliphatic rings. The van der Waals surface area contributed by atoms with E-state index in [1.165, 1.54) is 0 Å². The molecule has 0 saturated carbocycles. The van der Waals surface area contributed by atoms with Crippen LogP contribution in [-0.2, 0) is 19.1 Å². The predicted octanol–water partition coefficient (Wildman–Crippen LogP) is 2.92. The van der Waals surface area contributed by atoms with Crippen LogP contribution in [0.15, 0.2) is 24.3 Å². The lowest BCUT2D eigenvalue weighted by Gasteiger charge is -2.17. The standard InChI is InChI=1S/C16H20N2O4/c1-4-5-6-7-8-9-14(21-15(19)12(2)10-17)22-16(20)13(3)11-18/h14H,2-9H2,1H3. The number of esters is 2. The number of rotatable bonds is 10. The van der Waals surface area contributed by atoms with Crippen molar-refractivity contribution in [2.24, 2.45) is 0 Å². The van der Waals surface area contributed by atoms with Crippen LogP contribution >= 0.6 is 0 Å². The number of hydrogen-bond acceptors (Lipinski definition) is 6. The molecule has 22 heavy (non-hydrogen) atoms. The molecule has 0 radical (unpaired) electrons. The van der Waals surface area contributed by atoms with Crippen molar-refractivity contribution in [3.05, 3.63) is 24.3 Å². The maximum atomic E-state index is 11.5. The minimum atomic E-state index is -1.16. The average molecular weight is 304 g/mol. The van der Waals surface area contributed by atoms with Crippen molar-refractivity contribution in [1.82, 2.24) is 0 Å². The summed E-state index contributed by atoms with van der Waals surface area (Å²) in [6.45, 7) is 8.55. The molecule has 0 saturated heterocycles. The van der Waals surface area contributed by atoms with Gasteiger partial charge < -0.3 is 9.47 Å². The van der Waals surface area contributed by atoms with Crippen molar-refractivity contribution in [2.45, 2.75) is 51.7 Å². The largest absolute Gasteiger partial charge is 0.421 e. The molecular weight excluding hydrogens is 284 g/mol. The zero-order valence-corrected chi connectivity index (χ0v) is 12.8. The van der Waals surface area contributed by atoms with E-state index in [4.69, 9.17) is 20.0 Å². The van der Waals surface area contributed by atoms with Gasteiger partial charge in [0.1, 0.15) is 23.3 Å². The van der Waals surface area contributed by atoms with Crippen molar-refractivity contribution in [1.29, 1.82) is 10.5 Å². The van der Waals surface area contributed by atoms with Crippen LogP contribution in [0.2, 0.25) is 0 Å². The molecule has 0 aliphatic heterocycles. The Morgan fingerprint density at radius 2 is 1.41 bits per heavy atom. The Hall–Kier alpha value is -2.60. The summed E-state index contributed by atoms with van der Waals surface area (Å²) < 4.78 is 9.84. The minimum absolute atomic E-state index is 0.290. The Balaban J connectivity index is 4.56. The minimum Gasteiger partial charge on any atom is -0.421 e. The van der Waals surface area contributed by atoms with E-state index in [1.807, 2.05) is 0 Å². The third-order valence-electron chi connectivity index (χ3n) is 2.78. The zero-order chi connectivity index (χ0) is 17.0. The van der Waals surface area contributed by atoms with Gasteiger partial charge in [-0.1, -0.05) is 45.8 Å². The normalized spacial score (nSPS) is 9.45. The Labute approximate surface area is 130 Å². The molecule has 0 amide bonds. The summed E-state index contributed by atoms with van der Waals surface area (Å²) in [5, 5.41) is 17.2. The molecule has 0 fully saturated rings. The van der Waals surface area contributed by atoms with E-state index >= 15 is 0 Å². The molecule has 0 aromatic rings. The van der Waals surface area contributed by atoms with E-state index in [0.717, 1.165) is 25.7 Å². The fraction of sp³-hybridized carbons (Fsp3) is 0.500. The van der Waals surface area contributed by atoms with Crippen LogP contribution in [0.3, 0.4) is 0 Å². The van der Waals surface area contributed by atoms with Crippen molar-refractivity contribution in [3.63, 3.8) is 0 Å². The molecule has 0 N–H and O–H groups in total. The van der Waals surface area contributed by atoms with E-state index < -0.39 is 18.2 Å². The third-order valence-corrected chi connectivity index (χ3v) is 2.78. The number of carbonyl (C=O) groups excluding carboxylic acids is 2. The Bertz CT molecular complexity index is 471. The molecule has 0 rings (SSSR count). The second-order valence-electron chi connectivity index (χ2n) is 4.62. The highest BCUT2D eigenvalue weighted by atomic mass is 16.7. The third kappa shape index (κ3) is 7.86. The Kier molecular flexibility index (Phi) is 9.79. The second kappa shape index (κ2) is 11.1. The first-order valence-corrected chi connectivity index (χ1v) is 7.06. The smallest absolute Gasteiger partial charge is 0.351 e. The first kappa shape index (κ1) is 19.4. The van der Waals surface area contributed by atoms with Gasteiger partial charge in [-0.05, 0) is 6.42 Å². The molecule has 0 aromatic heterocycles. The van der Waals surface area contributed by atoms with Crippen LogP contribution < -0.4 is 0 Å². The van der Waals surface area contributed by atoms with Crippen LogP contribution in [0.25, 0.3) is 0 Å². The Morgan fingerprint density at radius 1 is 0.955 bits per heavy atom. The molecule has 0 aliphatic carbocycles. The van der Waals surface area contributed by atoms with E-state index in [9.17, 15) is 9.59 Å². The predicted molar refractivity (Wildman–Crippen MR) is 78.9 cm³/mol. The number of hydrogen-bond donors (Lipinski definition) is 0. The molecule has 118 valence electrons. The van der Waals surface area contributed by atoms with Gasteiger partial charge in [0, 0.05) is 6.42 Å². The van der Waals surface area contributed by atoms with Crippen molar-refractivity contribution < 1.29 is 19.1 Å². The van der Waals surface area contributed by atoms with Crippen molar-refractivity contribution in [3.8, 4) is 12.1 Å². The summed E-state index contributed by atoms with van der Waals surface area (Å²) in [6, 6.07) is 3.12. The molecule has 0 bridgehead atoms. The lowest BCUT2D eigenvalue weighted by Crippen LogP contribution is -2.25. The van der Waals surface area contributed by atoms with Gasteiger partial charge in [-0.25, -0.2) is 9.59 Å². The van der Waals surface area contributed by atoms with E-state index in [1.54, 1.807) is 12.1 Å². The average Bonchev–Trinajstić information content (AvgIpc) is 2.52. The second-order valence-corrected chi connectivity index (χ2v) is 4.62. The van der Waals surface area contributed by atoms with Crippen LogP contribution in [0.1, 0.15) is 45.4 Å². The zero-order valence-electron chi connectivity index (χ0n) is 12.8. The number of ether oxygens (including phenoxy) is 2. The highest BCUT2D eigenvalue weighted by Gasteiger charge is 2.21. The van der Waals surface area contributed by atoms with Gasteiger partial charge in [0.25, 0.3) is 0 Å². The quantitative estimate of drug-likeness (QED) is 0.202. The molecule has 0 spiro atoms. The topological polar surface area (TPSA) is 100 Å². The van der Waals surface area contributed by atoms with Crippen LogP contribution in [-0.4, -0.2) is 18.2 Å². The highest BCUT2D eigenvalue weighted by Crippen LogP contribution is 2.13. The first-order chi connectivity index (χ1) is 10.5. The van der Waals surface area contributed by atoms with Crippen LogP contribution in [0.4, 0.5) is 0 Å². The van der Waals surface area contributed by atoms with E-state index in [0.29, 0.717) is 12.8 Å². The summed E-state index contributed by atoms with van der Waals surface area (Å²) in [6.07, 6.45) is 3.94. The lowest BCUT2D eigenvalue weighted by atomic mass is 10.1. The van der Waals surface area contributed by atoms with E-state index in [-0.39, 0.29) is 11.1 Å². The maximum absolute atomic E-state index is 11.5. The molecule has 0 unspecified atom stereocenters.